The van der Waals surface area contributed by atoms with Crippen LogP contribution >= 0.6 is 0 Å². The second-order valence-electron chi connectivity index (χ2n) is 27.2. The number of aromatic hydroxyl groups is 1. The molecule has 12 heteroatoms. The van der Waals surface area contributed by atoms with Gasteiger partial charge in [0, 0.05) is 84.8 Å². The van der Waals surface area contributed by atoms with Gasteiger partial charge in [0.15, 0.2) is 5.79 Å². The summed E-state index contributed by atoms with van der Waals surface area (Å²) < 4.78 is 17.9. The Balaban J connectivity index is 0.000000129. The molecule has 4 heterocycles. The predicted molar refractivity (Wildman–Crippen MR) is 347 cm³/mol. The van der Waals surface area contributed by atoms with Crippen LogP contribution in [0.5, 0.6) is 11.5 Å². The zero-order valence-electron chi connectivity index (χ0n) is 52.4. The molecule has 2 aliphatic heterocycles. The minimum Gasteiger partial charge on any atom is -0.872 e. The first-order valence-corrected chi connectivity index (χ1v) is 31.8. The van der Waals surface area contributed by atoms with Crippen LogP contribution in [0.1, 0.15) is 140 Å². The van der Waals surface area contributed by atoms with E-state index in [2.05, 4.69) is 162 Å². The highest BCUT2D eigenvalue weighted by molar-refractivity contribution is 6.02. The van der Waals surface area contributed by atoms with E-state index in [1.807, 2.05) is 0 Å². The van der Waals surface area contributed by atoms with E-state index in [-0.39, 0.29) is 40.6 Å². The molecule has 4 aliphatic carbocycles. The van der Waals surface area contributed by atoms with Crippen molar-refractivity contribution in [1.29, 1.82) is 0 Å². The van der Waals surface area contributed by atoms with Crippen molar-refractivity contribution in [3.8, 4) is 17.2 Å². The number of anilines is 1. The molecule has 2 saturated heterocycles. The number of pyridine rings is 1. The minimum absolute atomic E-state index is 0.0661. The summed E-state index contributed by atoms with van der Waals surface area (Å²) in [4.78, 5) is 25.3. The number of fused-ring (bicyclic) bond motifs is 10. The molecule has 6 aliphatic rings. The highest BCUT2D eigenvalue weighted by Gasteiger charge is 2.68. The van der Waals surface area contributed by atoms with Crippen LogP contribution in [0, 0.1) is 60.2 Å². The number of nitrogens with zero attached hydrogens (tertiary/aromatic N) is 3. The van der Waals surface area contributed by atoms with Crippen LogP contribution in [0.15, 0.2) is 139 Å². The molecule has 11 unspecified atom stereocenters. The maximum atomic E-state index is 12.9. The van der Waals surface area contributed by atoms with E-state index in [0.29, 0.717) is 62.2 Å². The van der Waals surface area contributed by atoms with E-state index in [1.165, 1.54) is 95.6 Å². The molecule has 2 aromatic heterocycles. The number of hydrogen-bond donors (Lipinski definition) is 4. The lowest BCUT2D eigenvalue weighted by Gasteiger charge is -2.57. The van der Waals surface area contributed by atoms with Gasteiger partial charge in [0.1, 0.15) is 18.4 Å². The van der Waals surface area contributed by atoms with Crippen molar-refractivity contribution >= 4 is 62.2 Å². The third kappa shape index (κ3) is 10.7. The van der Waals surface area contributed by atoms with Gasteiger partial charge < -0.3 is 44.5 Å². The Morgan fingerprint density at radius 1 is 0.773 bits per heavy atom. The van der Waals surface area contributed by atoms with Gasteiger partial charge in [0.05, 0.1) is 24.4 Å². The number of para-hydroxylation sites is 1. The van der Waals surface area contributed by atoms with Crippen molar-refractivity contribution in [3.63, 3.8) is 0 Å². The summed E-state index contributed by atoms with van der Waals surface area (Å²) in [6.07, 6.45) is 17.9. The minimum atomic E-state index is -1.34. The number of allylic oxidation sites excluding steroid dienone is 2. The Morgan fingerprint density at radius 2 is 1.45 bits per heavy atom. The van der Waals surface area contributed by atoms with Gasteiger partial charge in [0.2, 0.25) is 11.2 Å². The zero-order chi connectivity index (χ0) is 62.1. The quantitative estimate of drug-likeness (QED) is 0.0849. The summed E-state index contributed by atoms with van der Waals surface area (Å²) in [5, 5.41) is 56.3. The number of phenols is 1. The number of carboxylic acid groups (broad SMARTS) is 2. The third-order valence-electron chi connectivity index (χ3n) is 21.9. The first kappa shape index (κ1) is 60.5. The summed E-state index contributed by atoms with van der Waals surface area (Å²) in [6, 6.07) is 40.3. The van der Waals surface area contributed by atoms with Gasteiger partial charge in [-0.1, -0.05) is 112 Å². The van der Waals surface area contributed by atoms with Gasteiger partial charge in [0.25, 0.3) is 0 Å². The average molecular weight is 1180 g/mol. The number of aryl methyl sites for hydroxylation is 2. The Labute approximate surface area is 517 Å². The van der Waals surface area contributed by atoms with Crippen LogP contribution in [-0.4, -0.2) is 75.6 Å². The van der Waals surface area contributed by atoms with Gasteiger partial charge in [-0.05, 0) is 193 Å². The van der Waals surface area contributed by atoms with Crippen LogP contribution < -0.4 is 14.6 Å². The van der Waals surface area contributed by atoms with E-state index >= 15 is 0 Å². The Bertz CT molecular complexity index is 3960. The van der Waals surface area contributed by atoms with Crippen LogP contribution in [-0.2, 0) is 22.9 Å². The molecule has 1 spiro atoms. The van der Waals surface area contributed by atoms with E-state index in [4.69, 9.17) is 9.47 Å². The third-order valence-corrected chi connectivity index (χ3v) is 21.9. The van der Waals surface area contributed by atoms with Gasteiger partial charge in [-0.3, -0.25) is 0 Å². The average Bonchev–Trinajstić information content (AvgIpc) is 1.50. The molecule has 14 rings (SSSR count). The largest absolute Gasteiger partial charge is 0.872 e. The second-order valence-corrected chi connectivity index (χ2v) is 27.2. The summed E-state index contributed by atoms with van der Waals surface area (Å²) in [6.45, 7) is 15.1. The number of aromatic carboxylic acids is 2. The van der Waals surface area contributed by atoms with Crippen molar-refractivity contribution in [2.45, 2.75) is 124 Å². The van der Waals surface area contributed by atoms with Gasteiger partial charge in [-0.2, -0.15) is 4.57 Å². The SMILES string of the molecule is CC1CCC2(OC1)OC1CC3C4CCC5CC(O)CCC5(C)C4=CCC3(C)C1C2C.Cc1cc(C=Cc2ccc3cc(N(C)C)ccc3[n+]2C)c(C)n1-c1ccccc1.O=C(O)c1cc2ccccc2c(Cc2c(O)c(C(=O)O)cc3ccccc23)c1[O-]. The lowest BCUT2D eigenvalue weighted by molar-refractivity contribution is -0.646. The van der Waals surface area contributed by atoms with E-state index in [1.54, 1.807) is 54.1 Å². The number of carbonyl (C=O) groups is 2. The second kappa shape index (κ2) is 23.6. The smallest absolute Gasteiger partial charge is 0.339 e. The number of carboxylic acids is 2. The number of benzene rings is 6. The Hall–Kier alpha value is -7.77. The fraction of sp³-hybridized carbons (Fsp3) is 0.408. The van der Waals surface area contributed by atoms with Crippen LogP contribution in [0.3, 0.4) is 0 Å². The summed E-state index contributed by atoms with van der Waals surface area (Å²) in [5.74, 6) is -0.0285. The standard InChI is InChI=1S/C27H42O3.C26H28N3.C23H16O6/c1-16-7-12-27(29-15-16)17(2)24-23(30-27)14-22-20-6-5-18-13-19(28)8-10-25(18,3)21(20)9-11-26(22,24)4;1-19-17-21(20(2)29(19)24-9-7-6-8-10-24)11-13-23-14-12-22-18-25(27(3)4)15-16-26(22)28(23)5;24-20-16(14-7-3-1-5-12(14)9-18(20)22(26)27)11-17-15-8-4-2-6-13(15)10-19(21(17)25)23(28)29/h9,16-20,22-24,28H,5-8,10-15H2,1-4H3;6-18H,1-5H3;1-10,24-25H,11H2,(H,26,27)(H,28,29)/q;+1;/p-1. The van der Waals surface area contributed by atoms with E-state index in [0.717, 1.165) is 37.7 Å². The summed E-state index contributed by atoms with van der Waals surface area (Å²) in [5.41, 5.74) is 10.9. The monoisotopic (exact) mass is 1180 g/mol. The number of hydrogen-bond acceptors (Lipinski definition) is 8. The molecule has 8 aromatic rings. The molecular weight excluding hydrogens is 1100 g/mol. The molecule has 3 saturated carbocycles. The van der Waals surface area contributed by atoms with Crippen molar-refractivity contribution in [2.75, 3.05) is 25.6 Å². The number of aliphatic hydroxyl groups excluding tert-OH is 1. The highest BCUT2D eigenvalue weighted by atomic mass is 16.7. The Kier molecular flexibility index (Phi) is 16.3. The molecule has 88 heavy (non-hydrogen) atoms. The Morgan fingerprint density at radius 3 is 2.14 bits per heavy atom. The lowest BCUT2D eigenvalue weighted by atomic mass is 9.48. The van der Waals surface area contributed by atoms with Crippen molar-refractivity contribution in [2.24, 2.45) is 53.4 Å². The number of aliphatic hydroxyl groups is 1. The topological polar surface area (TPSA) is 169 Å². The maximum Gasteiger partial charge on any atom is 0.339 e. The molecular formula is C76H85N3O9. The molecule has 0 amide bonds. The molecule has 5 fully saturated rings. The zero-order valence-corrected chi connectivity index (χ0v) is 52.4. The van der Waals surface area contributed by atoms with Crippen LogP contribution in [0.4, 0.5) is 5.69 Å². The van der Waals surface area contributed by atoms with Gasteiger partial charge in [-0.15, -0.1) is 0 Å². The predicted octanol–water partition coefficient (Wildman–Crippen LogP) is 14.8. The number of ether oxygens (including phenoxy) is 2. The molecule has 11 atom stereocenters. The number of aromatic nitrogens is 2. The lowest BCUT2D eigenvalue weighted by Crippen LogP contribution is -2.50. The number of rotatable bonds is 8. The van der Waals surface area contributed by atoms with Crippen molar-refractivity contribution in [1.82, 2.24) is 4.57 Å². The first-order chi connectivity index (χ1) is 42.1. The molecule has 4 N–H and O–H groups in total. The maximum absolute atomic E-state index is 12.9. The molecule has 0 radical (unpaired) electrons. The first-order valence-electron chi connectivity index (χ1n) is 31.8. The van der Waals surface area contributed by atoms with Gasteiger partial charge in [-0.25, -0.2) is 9.59 Å². The van der Waals surface area contributed by atoms with Crippen molar-refractivity contribution in [3.05, 3.63) is 184 Å². The molecule has 6 aromatic carbocycles. The fourth-order valence-electron chi connectivity index (χ4n) is 17.2. The summed E-state index contributed by atoms with van der Waals surface area (Å²) >= 11 is 0. The highest BCUT2D eigenvalue weighted by Crippen LogP contribution is 2.70. The van der Waals surface area contributed by atoms with E-state index < -0.39 is 23.4 Å². The van der Waals surface area contributed by atoms with Gasteiger partial charge >= 0.3 is 11.9 Å². The van der Waals surface area contributed by atoms with E-state index in [9.17, 15) is 35.1 Å². The fourth-order valence-corrected chi connectivity index (χ4v) is 17.2. The molecule has 12 nitrogen and oxygen atoms in total. The molecule has 0 bridgehead atoms. The summed E-state index contributed by atoms with van der Waals surface area (Å²) in [7, 11) is 6.28. The van der Waals surface area contributed by atoms with Crippen LogP contribution in [0.25, 0.3) is 50.3 Å². The normalized spacial score (nSPS) is 27.8. The van der Waals surface area contributed by atoms with Crippen molar-refractivity contribution < 1.29 is 49.2 Å². The van der Waals surface area contributed by atoms with Crippen LogP contribution in [0.2, 0.25) is 0 Å². The molecule has 458 valence electrons.